The van der Waals surface area contributed by atoms with Gasteiger partial charge < -0.3 is 4.74 Å². The molecule has 2 rings (SSSR count). The third-order valence-electron chi connectivity index (χ3n) is 1.95. The third-order valence-corrected chi connectivity index (χ3v) is 1.95. The number of nitrogens with zero attached hydrogens (tertiary/aromatic N) is 1. The van der Waals surface area contributed by atoms with E-state index in [0.717, 1.165) is 11.4 Å². The van der Waals surface area contributed by atoms with Gasteiger partial charge in [0.05, 0.1) is 11.4 Å². The van der Waals surface area contributed by atoms with Crippen molar-refractivity contribution in [2.24, 2.45) is 0 Å². The molecule has 0 spiro atoms. The van der Waals surface area contributed by atoms with Crippen LogP contribution in [-0.2, 0) is 16.1 Å². The van der Waals surface area contributed by atoms with E-state index in [1.54, 1.807) is 0 Å². The minimum Gasteiger partial charge on any atom is -0.461 e. The monoisotopic (exact) mass is 166 g/mol. The summed E-state index contributed by atoms with van der Waals surface area (Å²) < 4.78 is 4.58. The summed E-state index contributed by atoms with van der Waals surface area (Å²) in [4.78, 5) is 9.87. The number of H-pyrrole nitrogens is 1. The van der Waals surface area contributed by atoms with Gasteiger partial charge in [0, 0.05) is 5.92 Å². The number of carbonyl (C=O) groups is 1. The number of ether oxygens (including phenoxy) is 1. The zero-order valence-electron chi connectivity index (χ0n) is 6.62. The Morgan fingerprint density at radius 3 is 3.25 bits per heavy atom. The van der Waals surface area contributed by atoms with Crippen molar-refractivity contribution in [2.45, 2.75) is 25.4 Å². The van der Waals surface area contributed by atoms with Crippen LogP contribution < -0.4 is 0 Å². The summed E-state index contributed by atoms with van der Waals surface area (Å²) in [5.41, 5.74) is 1.96. The Bertz CT molecular complexity index is 278. The highest BCUT2D eigenvalue weighted by atomic mass is 16.5. The van der Waals surface area contributed by atoms with Crippen LogP contribution in [0, 0.1) is 0 Å². The van der Waals surface area contributed by atoms with Crippen molar-refractivity contribution in [1.82, 2.24) is 10.2 Å². The maximum atomic E-state index is 9.87. The third kappa shape index (κ3) is 1.47. The number of carbonyl (C=O) groups excluding carboxylic acids is 1. The second-order valence-corrected chi connectivity index (χ2v) is 3.00. The van der Waals surface area contributed by atoms with Crippen LogP contribution in [-0.4, -0.2) is 16.7 Å². The van der Waals surface area contributed by atoms with Crippen molar-refractivity contribution < 1.29 is 9.53 Å². The molecular formula is C8H10N2O2. The van der Waals surface area contributed by atoms with Gasteiger partial charge in [0.1, 0.15) is 6.61 Å². The van der Waals surface area contributed by atoms with Crippen LogP contribution in [0.15, 0.2) is 6.07 Å². The lowest BCUT2D eigenvalue weighted by Gasteiger charge is -1.90. The Balaban J connectivity index is 1.98. The van der Waals surface area contributed by atoms with Crippen LogP contribution in [0.1, 0.15) is 30.1 Å². The van der Waals surface area contributed by atoms with Crippen molar-refractivity contribution in [3.8, 4) is 0 Å². The van der Waals surface area contributed by atoms with Gasteiger partial charge in [-0.05, 0) is 18.9 Å². The van der Waals surface area contributed by atoms with E-state index in [0.29, 0.717) is 19.0 Å². The lowest BCUT2D eigenvalue weighted by atomic mass is 10.3. The smallest absolute Gasteiger partial charge is 0.293 e. The van der Waals surface area contributed by atoms with E-state index in [2.05, 4.69) is 14.9 Å². The number of rotatable bonds is 4. The fourth-order valence-corrected chi connectivity index (χ4v) is 1.17. The summed E-state index contributed by atoms with van der Waals surface area (Å²) in [6.07, 6.45) is 2.47. The predicted octanol–water partition coefficient (Wildman–Crippen LogP) is 0.960. The van der Waals surface area contributed by atoms with Gasteiger partial charge in [-0.1, -0.05) is 0 Å². The van der Waals surface area contributed by atoms with Crippen LogP contribution in [0.2, 0.25) is 0 Å². The lowest BCUT2D eigenvalue weighted by Crippen LogP contribution is -1.89. The fourth-order valence-electron chi connectivity index (χ4n) is 1.17. The molecule has 1 saturated carbocycles. The zero-order valence-corrected chi connectivity index (χ0v) is 6.62. The van der Waals surface area contributed by atoms with Crippen molar-refractivity contribution in [1.29, 1.82) is 0 Å². The second kappa shape index (κ2) is 2.97. The maximum Gasteiger partial charge on any atom is 0.293 e. The Morgan fingerprint density at radius 2 is 2.58 bits per heavy atom. The van der Waals surface area contributed by atoms with E-state index in [1.807, 2.05) is 6.07 Å². The molecule has 0 bridgehead atoms. The Kier molecular flexibility index (Phi) is 1.81. The van der Waals surface area contributed by atoms with Crippen molar-refractivity contribution in [3.63, 3.8) is 0 Å². The van der Waals surface area contributed by atoms with E-state index in [9.17, 15) is 4.79 Å². The molecule has 0 radical (unpaired) electrons. The van der Waals surface area contributed by atoms with E-state index in [4.69, 9.17) is 0 Å². The first-order valence-corrected chi connectivity index (χ1v) is 3.99. The van der Waals surface area contributed by atoms with Crippen molar-refractivity contribution in [3.05, 3.63) is 17.5 Å². The van der Waals surface area contributed by atoms with Crippen LogP contribution in [0.4, 0.5) is 0 Å². The average Bonchev–Trinajstić information content (AvgIpc) is 2.83. The molecule has 1 aliphatic carbocycles. The molecule has 1 aromatic heterocycles. The summed E-state index contributed by atoms with van der Waals surface area (Å²) in [7, 11) is 0. The van der Waals surface area contributed by atoms with Gasteiger partial charge in [-0.25, -0.2) is 0 Å². The number of aromatic amines is 1. The first-order valence-electron chi connectivity index (χ1n) is 3.99. The first-order chi connectivity index (χ1) is 5.90. The highest BCUT2D eigenvalue weighted by Crippen LogP contribution is 2.38. The summed E-state index contributed by atoms with van der Waals surface area (Å²) in [5, 5.41) is 6.94. The van der Waals surface area contributed by atoms with Gasteiger partial charge in [0.2, 0.25) is 0 Å². The SMILES string of the molecule is O=COCc1cc(C2CC2)n[nH]1. The molecule has 0 aromatic carbocycles. The van der Waals surface area contributed by atoms with Gasteiger partial charge in [0.15, 0.2) is 0 Å². The highest BCUT2D eigenvalue weighted by molar-refractivity contribution is 5.37. The summed E-state index contributed by atoms with van der Waals surface area (Å²) in [6.45, 7) is 0.737. The van der Waals surface area contributed by atoms with E-state index >= 15 is 0 Å². The molecular weight excluding hydrogens is 156 g/mol. The normalized spacial score (nSPS) is 16.0. The zero-order chi connectivity index (χ0) is 8.39. The number of hydrogen-bond acceptors (Lipinski definition) is 3. The lowest BCUT2D eigenvalue weighted by molar-refractivity contribution is -0.129. The standard InChI is InChI=1S/C8H10N2O2/c11-5-12-4-7-3-8(10-9-7)6-1-2-6/h3,5-6H,1-2,4H2,(H,9,10). The van der Waals surface area contributed by atoms with Gasteiger partial charge in [-0.3, -0.25) is 9.89 Å². The van der Waals surface area contributed by atoms with Crippen LogP contribution >= 0.6 is 0 Å². The number of hydrogen-bond donors (Lipinski definition) is 1. The fraction of sp³-hybridized carbons (Fsp3) is 0.500. The largest absolute Gasteiger partial charge is 0.461 e. The second-order valence-electron chi connectivity index (χ2n) is 3.00. The Morgan fingerprint density at radius 1 is 1.75 bits per heavy atom. The molecule has 1 fully saturated rings. The van der Waals surface area contributed by atoms with Gasteiger partial charge in [0.25, 0.3) is 6.47 Å². The summed E-state index contributed by atoms with van der Waals surface area (Å²) in [5.74, 6) is 0.645. The molecule has 12 heavy (non-hydrogen) atoms. The molecule has 4 nitrogen and oxygen atoms in total. The van der Waals surface area contributed by atoms with E-state index in [-0.39, 0.29) is 0 Å². The van der Waals surface area contributed by atoms with E-state index in [1.165, 1.54) is 12.8 Å². The molecule has 0 atom stereocenters. The van der Waals surface area contributed by atoms with Gasteiger partial charge in [-0.15, -0.1) is 0 Å². The molecule has 1 aliphatic rings. The molecule has 64 valence electrons. The molecule has 0 aliphatic heterocycles. The van der Waals surface area contributed by atoms with Crippen LogP contribution in [0.5, 0.6) is 0 Å². The molecule has 1 heterocycles. The van der Waals surface area contributed by atoms with Gasteiger partial charge >= 0.3 is 0 Å². The topological polar surface area (TPSA) is 55.0 Å². The summed E-state index contributed by atoms with van der Waals surface area (Å²) >= 11 is 0. The average molecular weight is 166 g/mol. The quantitative estimate of drug-likeness (QED) is 0.678. The van der Waals surface area contributed by atoms with Crippen LogP contribution in [0.3, 0.4) is 0 Å². The Labute approximate surface area is 69.9 Å². The van der Waals surface area contributed by atoms with Crippen molar-refractivity contribution in [2.75, 3.05) is 0 Å². The van der Waals surface area contributed by atoms with Crippen LogP contribution in [0.25, 0.3) is 0 Å². The first kappa shape index (κ1) is 7.34. The van der Waals surface area contributed by atoms with E-state index < -0.39 is 0 Å². The number of aromatic nitrogens is 2. The Hall–Kier alpha value is -1.32. The minimum absolute atomic E-state index is 0.295. The molecule has 0 saturated heterocycles. The number of nitrogens with one attached hydrogen (secondary N) is 1. The highest BCUT2D eigenvalue weighted by Gasteiger charge is 2.25. The van der Waals surface area contributed by atoms with Gasteiger partial charge in [-0.2, -0.15) is 5.10 Å². The molecule has 0 unspecified atom stereocenters. The predicted molar refractivity (Wildman–Crippen MR) is 41.4 cm³/mol. The molecule has 4 heteroatoms. The summed E-state index contributed by atoms with van der Waals surface area (Å²) in [6, 6.07) is 1.96. The van der Waals surface area contributed by atoms with Crippen molar-refractivity contribution >= 4 is 6.47 Å². The molecule has 0 amide bonds. The minimum atomic E-state index is 0.295. The molecule has 1 aromatic rings. The maximum absolute atomic E-state index is 9.87. The molecule has 1 N–H and O–H groups in total.